The number of rotatable bonds is 22. The summed E-state index contributed by atoms with van der Waals surface area (Å²) in [6.45, 7) is 1.44. The van der Waals surface area contributed by atoms with Crippen molar-refractivity contribution in [2.24, 2.45) is 0 Å². The van der Waals surface area contributed by atoms with Crippen molar-refractivity contribution in [2.45, 2.75) is 105 Å². The van der Waals surface area contributed by atoms with Crippen LogP contribution < -0.4 is 10.1 Å². The van der Waals surface area contributed by atoms with E-state index in [4.69, 9.17) is 21.4 Å². The van der Waals surface area contributed by atoms with Crippen molar-refractivity contribution in [2.75, 3.05) is 38.5 Å². The maximum atomic E-state index is 13.3. The highest BCUT2D eigenvalue weighted by Crippen LogP contribution is 2.50. The SMILES string of the molecule is O=C1CCCN1CCCN(CCCCSc1ccc(Cl)c(CNC2(c3cnccc3-c3ccccc3OC3CC3)CC2)c1)C(=O)C(O)C(O)C(O)C(O)CO. The molecule has 1 aliphatic heterocycles. The van der Waals surface area contributed by atoms with Crippen molar-refractivity contribution >= 4 is 35.2 Å². The third-order valence-electron chi connectivity index (χ3n) is 10.7. The lowest BCUT2D eigenvalue weighted by atomic mass is 9.94. The smallest absolute Gasteiger partial charge is 0.254 e. The summed E-state index contributed by atoms with van der Waals surface area (Å²) in [6.07, 6.45) is 3.84. The number of halogens is 1. The third-order valence-corrected chi connectivity index (χ3v) is 12.1. The average Bonchev–Trinajstić information content (AvgIpc) is 4.15. The van der Waals surface area contributed by atoms with E-state index in [1.54, 1.807) is 16.7 Å². The molecule has 1 saturated heterocycles. The Morgan fingerprint density at radius 3 is 2.55 bits per heavy atom. The monoisotopic (exact) mass is 796 g/mol. The van der Waals surface area contributed by atoms with Crippen molar-refractivity contribution in [1.29, 1.82) is 0 Å². The summed E-state index contributed by atoms with van der Waals surface area (Å²) in [6, 6.07) is 16.3. The van der Waals surface area contributed by atoms with E-state index in [2.05, 4.69) is 28.5 Å². The number of aliphatic hydroxyl groups excluding tert-OH is 5. The van der Waals surface area contributed by atoms with Gasteiger partial charge in [-0.1, -0.05) is 29.8 Å². The van der Waals surface area contributed by atoms with Crippen LogP contribution in [-0.2, 0) is 21.7 Å². The van der Waals surface area contributed by atoms with Gasteiger partial charge in [-0.25, -0.2) is 0 Å². The lowest BCUT2D eigenvalue weighted by Crippen LogP contribution is -2.53. The molecule has 4 atom stereocenters. The van der Waals surface area contributed by atoms with E-state index in [-0.39, 0.29) is 18.0 Å². The lowest BCUT2D eigenvalue weighted by molar-refractivity contribution is -0.158. The molecule has 2 aliphatic carbocycles. The van der Waals surface area contributed by atoms with Gasteiger partial charge in [0.25, 0.3) is 5.91 Å². The van der Waals surface area contributed by atoms with E-state index >= 15 is 0 Å². The van der Waals surface area contributed by atoms with Crippen molar-refractivity contribution in [3.8, 4) is 16.9 Å². The molecule has 3 aromatic rings. The van der Waals surface area contributed by atoms with Crippen LogP contribution in [0, 0.1) is 0 Å². The molecule has 55 heavy (non-hydrogen) atoms. The number of hydrogen-bond donors (Lipinski definition) is 6. The van der Waals surface area contributed by atoms with E-state index in [9.17, 15) is 30.0 Å². The van der Waals surface area contributed by atoms with Crippen LogP contribution in [-0.4, -0.2) is 121 Å². The molecule has 3 fully saturated rings. The molecule has 6 N–H and O–H groups in total. The number of benzene rings is 2. The molecular weight excluding hydrogens is 744 g/mol. The molecule has 3 aliphatic rings. The highest BCUT2D eigenvalue weighted by Gasteiger charge is 2.46. The first-order chi connectivity index (χ1) is 26.6. The molecule has 298 valence electrons. The number of aliphatic hydroxyl groups is 5. The summed E-state index contributed by atoms with van der Waals surface area (Å²) >= 11 is 8.39. The van der Waals surface area contributed by atoms with Gasteiger partial charge in [0.05, 0.1) is 12.7 Å². The number of nitrogens with zero attached hydrogens (tertiary/aromatic N) is 3. The first-order valence-electron chi connectivity index (χ1n) is 19.4. The highest BCUT2D eigenvalue weighted by molar-refractivity contribution is 7.99. The number of para-hydroxylation sites is 1. The van der Waals surface area contributed by atoms with Crippen molar-refractivity contribution in [1.82, 2.24) is 20.1 Å². The van der Waals surface area contributed by atoms with E-state index in [1.807, 2.05) is 42.7 Å². The Bertz CT molecular complexity index is 1760. The fourth-order valence-corrected chi connectivity index (χ4v) is 8.21. The predicted molar refractivity (Wildman–Crippen MR) is 211 cm³/mol. The number of amides is 2. The maximum Gasteiger partial charge on any atom is 0.254 e. The standard InChI is InChI=1S/C41H53ClN4O8S/c42-33-13-12-29(23-27(33)24-44-41(15-16-41)32-25-43-17-14-30(32)31-7-1-2-8-35(31)54-28-10-11-28)55-22-4-3-18-46(21-6-20-45-19-5-9-36(45)49)40(53)39(52)38(51)37(50)34(48)26-47/h1-2,7-8,12-14,17,23,25,28,34,37-39,44,47-48,50-52H,3-6,9-11,15-16,18-22,24,26H2. The number of thioether (sulfide) groups is 1. The number of likely N-dealkylation sites (tertiary alicyclic amines) is 1. The van der Waals surface area contributed by atoms with Gasteiger partial charge in [-0.05, 0) is 104 Å². The second kappa shape index (κ2) is 19.3. The normalized spacial score (nSPS) is 18.5. The zero-order valence-corrected chi connectivity index (χ0v) is 32.6. The summed E-state index contributed by atoms with van der Waals surface area (Å²) in [4.78, 5) is 34.1. The first-order valence-corrected chi connectivity index (χ1v) is 20.7. The van der Waals surface area contributed by atoms with Crippen molar-refractivity contribution in [3.63, 3.8) is 0 Å². The number of ether oxygens (including phenoxy) is 1. The van der Waals surface area contributed by atoms with Crippen LogP contribution in [0.1, 0.15) is 68.9 Å². The van der Waals surface area contributed by atoms with E-state index in [1.165, 1.54) is 4.90 Å². The Labute approximate surface area is 331 Å². The number of unbranched alkanes of at least 4 members (excludes halogenated alkanes) is 1. The summed E-state index contributed by atoms with van der Waals surface area (Å²) in [7, 11) is 0. The molecule has 12 nitrogen and oxygen atoms in total. The number of nitrogens with one attached hydrogen (secondary N) is 1. The Morgan fingerprint density at radius 2 is 1.82 bits per heavy atom. The van der Waals surface area contributed by atoms with Gasteiger partial charge in [-0.15, -0.1) is 11.8 Å². The van der Waals surface area contributed by atoms with Crippen LogP contribution in [0.25, 0.3) is 11.1 Å². The van der Waals surface area contributed by atoms with Crippen LogP contribution in [0.3, 0.4) is 0 Å². The van der Waals surface area contributed by atoms with Crippen LogP contribution in [0.5, 0.6) is 5.75 Å². The van der Waals surface area contributed by atoms with Crippen LogP contribution in [0.15, 0.2) is 65.8 Å². The molecule has 2 heterocycles. The van der Waals surface area contributed by atoms with Gasteiger partial charge in [0.15, 0.2) is 6.10 Å². The Balaban J connectivity index is 1.03. The number of carbonyl (C=O) groups is 2. The Kier molecular flexibility index (Phi) is 14.5. The molecule has 0 bridgehead atoms. The molecule has 0 spiro atoms. The minimum Gasteiger partial charge on any atom is -0.490 e. The minimum absolute atomic E-state index is 0.0818. The van der Waals surface area contributed by atoms with Crippen molar-refractivity contribution in [3.05, 3.63) is 77.1 Å². The van der Waals surface area contributed by atoms with Gasteiger partial charge in [-0.3, -0.25) is 14.6 Å². The highest BCUT2D eigenvalue weighted by atomic mass is 35.5. The molecule has 14 heteroatoms. The maximum absolute atomic E-state index is 13.3. The predicted octanol–water partition coefficient (Wildman–Crippen LogP) is 3.87. The molecule has 2 aromatic carbocycles. The van der Waals surface area contributed by atoms with Gasteiger partial charge in [0, 0.05) is 72.6 Å². The first kappa shape index (κ1) is 41.4. The topological polar surface area (TPSA) is 176 Å². The van der Waals surface area contributed by atoms with E-state index in [0.29, 0.717) is 56.6 Å². The van der Waals surface area contributed by atoms with Gasteiger partial charge in [0.2, 0.25) is 5.91 Å². The van der Waals surface area contributed by atoms with Crippen LogP contribution >= 0.6 is 23.4 Å². The number of aromatic nitrogens is 1. The van der Waals surface area contributed by atoms with Crippen LogP contribution in [0.2, 0.25) is 5.02 Å². The van der Waals surface area contributed by atoms with E-state index < -0.39 is 36.9 Å². The molecule has 6 rings (SSSR count). The van der Waals surface area contributed by atoms with Gasteiger partial charge in [0.1, 0.15) is 24.1 Å². The number of hydrogen-bond acceptors (Lipinski definition) is 11. The number of pyridine rings is 1. The second-order valence-electron chi connectivity index (χ2n) is 14.8. The summed E-state index contributed by atoms with van der Waals surface area (Å²) in [5.74, 6) is 0.964. The van der Waals surface area contributed by atoms with Gasteiger partial charge < -0.3 is 45.4 Å². The van der Waals surface area contributed by atoms with Crippen molar-refractivity contribution < 1.29 is 39.9 Å². The molecule has 2 amide bonds. The zero-order valence-electron chi connectivity index (χ0n) is 31.1. The fourth-order valence-electron chi connectivity index (χ4n) is 7.05. The lowest BCUT2D eigenvalue weighted by Gasteiger charge is -2.30. The average molecular weight is 797 g/mol. The second-order valence-corrected chi connectivity index (χ2v) is 16.4. The summed E-state index contributed by atoms with van der Waals surface area (Å²) in [5.41, 5.74) is 4.14. The quantitative estimate of drug-likeness (QED) is 0.0644. The zero-order chi connectivity index (χ0) is 39.0. The molecule has 4 unspecified atom stereocenters. The number of carbonyl (C=O) groups excluding carboxylic acids is 2. The largest absolute Gasteiger partial charge is 0.490 e. The van der Waals surface area contributed by atoms with Gasteiger partial charge in [-0.2, -0.15) is 0 Å². The van der Waals surface area contributed by atoms with E-state index in [0.717, 1.165) is 77.2 Å². The summed E-state index contributed by atoms with van der Waals surface area (Å²) < 4.78 is 6.27. The van der Waals surface area contributed by atoms with Gasteiger partial charge >= 0.3 is 0 Å². The Hall–Kier alpha value is -3.27. The molecule has 0 radical (unpaired) electrons. The van der Waals surface area contributed by atoms with Crippen LogP contribution in [0.4, 0.5) is 0 Å². The Morgan fingerprint density at radius 1 is 1.04 bits per heavy atom. The fraction of sp³-hybridized carbons (Fsp3) is 0.537. The molecule has 1 aromatic heterocycles. The molecular formula is C41H53ClN4O8S. The summed E-state index contributed by atoms with van der Waals surface area (Å²) in [5, 5.41) is 54.4. The molecule has 2 saturated carbocycles. The minimum atomic E-state index is -1.99. The third kappa shape index (κ3) is 10.8.